The summed E-state index contributed by atoms with van der Waals surface area (Å²) < 4.78 is 0. The highest BCUT2D eigenvalue weighted by Gasteiger charge is 1.96. The molecule has 0 heterocycles. The van der Waals surface area contributed by atoms with E-state index in [0.717, 1.165) is 13.1 Å². The third-order valence-corrected chi connectivity index (χ3v) is 2.73. The van der Waals surface area contributed by atoms with Crippen molar-refractivity contribution in [1.29, 1.82) is 0 Å². The van der Waals surface area contributed by atoms with Gasteiger partial charge in [-0.05, 0) is 29.5 Å². The summed E-state index contributed by atoms with van der Waals surface area (Å²) in [5.41, 5.74) is 2.68. The minimum absolute atomic E-state index is 0.612. The number of benzene rings is 1. The standard InChI is InChI=1S/C16H25N/c1-13(2)12-17-11-5-6-15-7-9-16(10-8-15)14(3)4/h5-10,13-14,17H,11-12H2,1-4H3. The average molecular weight is 231 g/mol. The fourth-order valence-corrected chi connectivity index (χ4v) is 1.64. The maximum atomic E-state index is 3.40. The molecule has 0 aromatic heterocycles. The van der Waals surface area contributed by atoms with E-state index in [4.69, 9.17) is 0 Å². The molecule has 0 spiro atoms. The Balaban J connectivity index is 2.38. The Morgan fingerprint density at radius 3 is 2.24 bits per heavy atom. The second-order valence-electron chi connectivity index (χ2n) is 5.28. The van der Waals surface area contributed by atoms with E-state index in [9.17, 15) is 0 Å². The maximum absolute atomic E-state index is 3.40. The molecule has 0 atom stereocenters. The minimum Gasteiger partial charge on any atom is -0.313 e. The Labute approximate surface area is 106 Å². The van der Waals surface area contributed by atoms with Gasteiger partial charge in [0.25, 0.3) is 0 Å². The van der Waals surface area contributed by atoms with Gasteiger partial charge in [-0.2, -0.15) is 0 Å². The molecule has 0 unspecified atom stereocenters. The molecule has 94 valence electrons. The molecule has 0 fully saturated rings. The normalized spacial score (nSPS) is 11.9. The summed E-state index contributed by atoms with van der Waals surface area (Å²) in [6.07, 6.45) is 4.37. The summed E-state index contributed by atoms with van der Waals surface area (Å²) in [5, 5.41) is 3.40. The van der Waals surface area contributed by atoms with Crippen LogP contribution in [0, 0.1) is 5.92 Å². The molecule has 0 bridgehead atoms. The SMILES string of the molecule is CC(C)CNCC=Cc1ccc(C(C)C)cc1. The molecule has 1 rings (SSSR count). The third kappa shape index (κ3) is 5.69. The highest BCUT2D eigenvalue weighted by atomic mass is 14.8. The Kier molecular flexibility index (Phi) is 5.99. The Morgan fingerprint density at radius 2 is 1.71 bits per heavy atom. The van der Waals surface area contributed by atoms with Crippen LogP contribution in [-0.2, 0) is 0 Å². The van der Waals surface area contributed by atoms with Gasteiger partial charge < -0.3 is 5.32 Å². The number of hydrogen-bond acceptors (Lipinski definition) is 1. The van der Waals surface area contributed by atoms with Gasteiger partial charge in [-0.1, -0.05) is 64.1 Å². The summed E-state index contributed by atoms with van der Waals surface area (Å²) in [4.78, 5) is 0. The first-order valence-electron chi connectivity index (χ1n) is 6.57. The minimum atomic E-state index is 0.612. The molecule has 0 aliphatic heterocycles. The maximum Gasteiger partial charge on any atom is 0.0138 e. The number of rotatable bonds is 6. The summed E-state index contributed by atoms with van der Waals surface area (Å²) in [7, 11) is 0. The van der Waals surface area contributed by atoms with Gasteiger partial charge in [-0.15, -0.1) is 0 Å². The van der Waals surface area contributed by atoms with Crippen molar-refractivity contribution in [2.75, 3.05) is 13.1 Å². The lowest BCUT2D eigenvalue weighted by atomic mass is 10.0. The first-order chi connectivity index (χ1) is 8.09. The van der Waals surface area contributed by atoms with Crippen molar-refractivity contribution in [2.24, 2.45) is 5.92 Å². The summed E-state index contributed by atoms with van der Waals surface area (Å²) in [6.45, 7) is 10.9. The van der Waals surface area contributed by atoms with Crippen molar-refractivity contribution in [1.82, 2.24) is 5.32 Å². The lowest BCUT2D eigenvalue weighted by Crippen LogP contribution is -2.19. The van der Waals surface area contributed by atoms with Crippen LogP contribution in [0.25, 0.3) is 6.08 Å². The lowest BCUT2D eigenvalue weighted by Gasteiger charge is -2.05. The molecule has 1 heteroatoms. The molecule has 1 aromatic rings. The Morgan fingerprint density at radius 1 is 1.06 bits per heavy atom. The van der Waals surface area contributed by atoms with E-state index in [1.54, 1.807) is 0 Å². The molecule has 0 amide bonds. The largest absolute Gasteiger partial charge is 0.313 e. The predicted molar refractivity (Wildman–Crippen MR) is 77.3 cm³/mol. The van der Waals surface area contributed by atoms with Gasteiger partial charge in [0, 0.05) is 6.54 Å². The van der Waals surface area contributed by atoms with Crippen LogP contribution in [0.15, 0.2) is 30.3 Å². The van der Waals surface area contributed by atoms with E-state index in [1.807, 2.05) is 0 Å². The topological polar surface area (TPSA) is 12.0 Å². The van der Waals surface area contributed by atoms with Crippen molar-refractivity contribution in [3.05, 3.63) is 41.5 Å². The van der Waals surface area contributed by atoms with E-state index in [-0.39, 0.29) is 0 Å². The van der Waals surface area contributed by atoms with Gasteiger partial charge in [0.2, 0.25) is 0 Å². The Bertz CT molecular complexity index is 333. The van der Waals surface area contributed by atoms with Crippen LogP contribution in [0.5, 0.6) is 0 Å². The molecule has 0 saturated carbocycles. The molecule has 1 nitrogen and oxygen atoms in total. The van der Waals surface area contributed by atoms with Crippen LogP contribution in [0.4, 0.5) is 0 Å². The average Bonchev–Trinajstić information content (AvgIpc) is 2.29. The van der Waals surface area contributed by atoms with Crippen molar-refractivity contribution < 1.29 is 0 Å². The van der Waals surface area contributed by atoms with E-state index in [2.05, 4.69) is 69.4 Å². The quantitative estimate of drug-likeness (QED) is 0.728. The van der Waals surface area contributed by atoms with Gasteiger partial charge in [0.15, 0.2) is 0 Å². The van der Waals surface area contributed by atoms with Crippen LogP contribution >= 0.6 is 0 Å². The van der Waals surface area contributed by atoms with Gasteiger partial charge in [-0.25, -0.2) is 0 Å². The van der Waals surface area contributed by atoms with Gasteiger partial charge >= 0.3 is 0 Å². The number of nitrogens with one attached hydrogen (secondary N) is 1. The first-order valence-corrected chi connectivity index (χ1v) is 6.57. The summed E-state index contributed by atoms with van der Waals surface area (Å²) in [5.74, 6) is 1.33. The van der Waals surface area contributed by atoms with E-state index < -0.39 is 0 Å². The van der Waals surface area contributed by atoms with Crippen molar-refractivity contribution in [3.63, 3.8) is 0 Å². The monoisotopic (exact) mass is 231 g/mol. The molecule has 17 heavy (non-hydrogen) atoms. The zero-order chi connectivity index (χ0) is 12.7. The smallest absolute Gasteiger partial charge is 0.0138 e. The molecule has 1 N–H and O–H groups in total. The van der Waals surface area contributed by atoms with Crippen molar-refractivity contribution in [3.8, 4) is 0 Å². The van der Waals surface area contributed by atoms with Crippen LogP contribution in [0.1, 0.15) is 44.7 Å². The highest BCUT2D eigenvalue weighted by molar-refractivity contribution is 5.50. The molecule has 0 aliphatic rings. The Hall–Kier alpha value is -1.08. The zero-order valence-corrected chi connectivity index (χ0v) is 11.5. The molecular weight excluding hydrogens is 206 g/mol. The third-order valence-electron chi connectivity index (χ3n) is 2.73. The zero-order valence-electron chi connectivity index (χ0n) is 11.5. The fourth-order valence-electron chi connectivity index (χ4n) is 1.64. The van der Waals surface area contributed by atoms with Crippen molar-refractivity contribution >= 4 is 6.08 Å². The summed E-state index contributed by atoms with van der Waals surface area (Å²) in [6, 6.07) is 8.81. The van der Waals surface area contributed by atoms with Crippen LogP contribution < -0.4 is 5.32 Å². The highest BCUT2D eigenvalue weighted by Crippen LogP contribution is 2.15. The lowest BCUT2D eigenvalue weighted by molar-refractivity contribution is 0.577. The second kappa shape index (κ2) is 7.29. The molecule has 0 saturated heterocycles. The fraction of sp³-hybridized carbons (Fsp3) is 0.500. The molecular formula is C16H25N. The molecule has 0 radical (unpaired) electrons. The van der Waals surface area contributed by atoms with Crippen LogP contribution in [0.2, 0.25) is 0 Å². The van der Waals surface area contributed by atoms with Crippen molar-refractivity contribution in [2.45, 2.75) is 33.6 Å². The predicted octanol–water partition coefficient (Wildman–Crippen LogP) is 4.07. The van der Waals surface area contributed by atoms with Gasteiger partial charge in [0.05, 0.1) is 0 Å². The molecule has 0 aliphatic carbocycles. The second-order valence-corrected chi connectivity index (χ2v) is 5.28. The first kappa shape index (κ1) is 14.0. The van der Waals surface area contributed by atoms with Crippen LogP contribution in [-0.4, -0.2) is 13.1 Å². The number of hydrogen-bond donors (Lipinski definition) is 1. The van der Waals surface area contributed by atoms with E-state index in [1.165, 1.54) is 11.1 Å². The van der Waals surface area contributed by atoms with E-state index >= 15 is 0 Å². The molecule has 1 aromatic carbocycles. The van der Waals surface area contributed by atoms with E-state index in [0.29, 0.717) is 11.8 Å². The van der Waals surface area contributed by atoms with Gasteiger partial charge in [-0.3, -0.25) is 0 Å². The summed E-state index contributed by atoms with van der Waals surface area (Å²) >= 11 is 0. The van der Waals surface area contributed by atoms with Crippen LogP contribution in [0.3, 0.4) is 0 Å². The van der Waals surface area contributed by atoms with Gasteiger partial charge in [0.1, 0.15) is 0 Å².